The van der Waals surface area contributed by atoms with Crippen LogP contribution in [0.2, 0.25) is 0 Å². The van der Waals surface area contributed by atoms with Gasteiger partial charge in [0.05, 0.1) is 12.0 Å². The normalized spacial score (nSPS) is 27.0. The molecule has 1 aromatic rings. The molecule has 0 saturated carbocycles. The Hall–Kier alpha value is -2.63. The van der Waals surface area contributed by atoms with Crippen molar-refractivity contribution >= 4 is 5.97 Å². The zero-order valence-corrected chi connectivity index (χ0v) is 11.3. The standard InChI is InChI=1S/C16H13N3O2/c17-10-16(11-18)14(12-4-2-1-3-5-12)8-6-13-7-9-15(20)21-19(13)16/h1-6,8,13-14H,7,9H2/t13-,14+/m0/s1. The summed E-state index contributed by atoms with van der Waals surface area (Å²) < 4.78 is 0. The number of carbonyl (C=O) groups is 1. The minimum atomic E-state index is -1.53. The second kappa shape index (κ2) is 5.05. The Morgan fingerprint density at radius 1 is 1.19 bits per heavy atom. The average molecular weight is 279 g/mol. The van der Waals surface area contributed by atoms with Gasteiger partial charge in [-0.25, -0.2) is 0 Å². The zero-order valence-electron chi connectivity index (χ0n) is 11.3. The first-order chi connectivity index (χ1) is 10.2. The minimum Gasteiger partial charge on any atom is -0.365 e. The minimum absolute atomic E-state index is 0.220. The highest BCUT2D eigenvalue weighted by Crippen LogP contribution is 2.41. The fourth-order valence-electron chi connectivity index (χ4n) is 2.91. The molecule has 0 aliphatic carbocycles. The maximum atomic E-state index is 11.6. The van der Waals surface area contributed by atoms with Crippen LogP contribution in [0.4, 0.5) is 0 Å². The highest BCUT2D eigenvalue weighted by Gasteiger charge is 2.53. The highest BCUT2D eigenvalue weighted by molar-refractivity contribution is 5.70. The van der Waals surface area contributed by atoms with Gasteiger partial charge in [-0.05, 0) is 12.0 Å². The largest absolute Gasteiger partial charge is 0.365 e. The van der Waals surface area contributed by atoms with Crippen molar-refractivity contribution < 1.29 is 9.63 Å². The summed E-state index contributed by atoms with van der Waals surface area (Å²) >= 11 is 0. The first kappa shape index (κ1) is 13.4. The number of nitriles is 2. The molecule has 2 heterocycles. The molecule has 1 saturated heterocycles. The van der Waals surface area contributed by atoms with E-state index in [1.807, 2.05) is 42.5 Å². The first-order valence-electron chi connectivity index (χ1n) is 6.77. The Bertz CT molecular complexity index is 655. The molecule has 1 aromatic carbocycles. The van der Waals surface area contributed by atoms with Gasteiger partial charge in [-0.1, -0.05) is 47.5 Å². The van der Waals surface area contributed by atoms with Crippen molar-refractivity contribution in [2.24, 2.45) is 0 Å². The van der Waals surface area contributed by atoms with Crippen molar-refractivity contribution in [3.05, 3.63) is 48.0 Å². The Kier molecular flexibility index (Phi) is 3.21. The molecule has 0 aromatic heterocycles. The molecule has 0 N–H and O–H groups in total. The fourth-order valence-corrected chi connectivity index (χ4v) is 2.91. The summed E-state index contributed by atoms with van der Waals surface area (Å²) in [5.74, 6) is -0.862. The smallest absolute Gasteiger partial charge is 0.325 e. The summed E-state index contributed by atoms with van der Waals surface area (Å²) in [6.07, 6.45) is 4.65. The third-order valence-corrected chi connectivity index (χ3v) is 3.97. The number of hydroxylamine groups is 2. The Morgan fingerprint density at radius 3 is 2.57 bits per heavy atom. The second-order valence-corrected chi connectivity index (χ2v) is 5.16. The number of benzene rings is 1. The van der Waals surface area contributed by atoms with Gasteiger partial charge >= 0.3 is 5.97 Å². The van der Waals surface area contributed by atoms with E-state index >= 15 is 0 Å². The zero-order chi connectivity index (χ0) is 14.9. The lowest BCUT2D eigenvalue weighted by Crippen LogP contribution is -2.59. The summed E-state index contributed by atoms with van der Waals surface area (Å²) in [5, 5.41) is 20.6. The van der Waals surface area contributed by atoms with Crippen LogP contribution in [0, 0.1) is 22.7 Å². The third-order valence-electron chi connectivity index (χ3n) is 3.97. The topological polar surface area (TPSA) is 77.1 Å². The molecule has 5 heteroatoms. The van der Waals surface area contributed by atoms with Crippen LogP contribution in [-0.4, -0.2) is 22.6 Å². The lowest BCUT2D eigenvalue weighted by molar-refractivity contribution is -0.231. The molecule has 2 aliphatic heterocycles. The monoisotopic (exact) mass is 279 g/mol. The van der Waals surface area contributed by atoms with Crippen molar-refractivity contribution in [3.8, 4) is 12.1 Å². The quantitative estimate of drug-likeness (QED) is 0.735. The molecule has 5 nitrogen and oxygen atoms in total. The molecule has 0 unspecified atom stereocenters. The van der Waals surface area contributed by atoms with Gasteiger partial charge < -0.3 is 4.84 Å². The SMILES string of the molecule is N#CC1(C#N)[C@@H](c2ccccc2)C=C[C@H]2CCC(=O)ON21. The van der Waals surface area contributed by atoms with Crippen LogP contribution in [0.1, 0.15) is 24.3 Å². The molecule has 0 radical (unpaired) electrons. The molecule has 0 spiro atoms. The lowest BCUT2D eigenvalue weighted by atomic mass is 9.76. The average Bonchev–Trinajstić information content (AvgIpc) is 2.54. The number of fused-ring (bicyclic) bond motifs is 1. The Labute approximate surface area is 122 Å². The van der Waals surface area contributed by atoms with Gasteiger partial charge in [-0.2, -0.15) is 10.5 Å². The molecule has 2 atom stereocenters. The van der Waals surface area contributed by atoms with E-state index in [-0.39, 0.29) is 6.04 Å². The lowest BCUT2D eigenvalue weighted by Gasteiger charge is -2.44. The maximum Gasteiger partial charge on any atom is 0.325 e. The number of nitrogens with zero attached hydrogens (tertiary/aromatic N) is 3. The van der Waals surface area contributed by atoms with Crippen molar-refractivity contribution in [1.29, 1.82) is 10.5 Å². The summed E-state index contributed by atoms with van der Waals surface area (Å²) in [4.78, 5) is 16.8. The fraction of sp³-hybridized carbons (Fsp3) is 0.312. The number of carbonyl (C=O) groups excluding carboxylic acids is 1. The van der Waals surface area contributed by atoms with Crippen LogP contribution in [0.3, 0.4) is 0 Å². The Morgan fingerprint density at radius 2 is 1.90 bits per heavy atom. The van der Waals surface area contributed by atoms with Crippen LogP contribution < -0.4 is 0 Å². The first-order valence-corrected chi connectivity index (χ1v) is 6.77. The molecule has 1 fully saturated rings. The molecular weight excluding hydrogens is 266 g/mol. The van der Waals surface area contributed by atoms with Crippen LogP contribution in [0.25, 0.3) is 0 Å². The van der Waals surface area contributed by atoms with E-state index < -0.39 is 17.4 Å². The van der Waals surface area contributed by atoms with Crippen LogP contribution in [0.15, 0.2) is 42.5 Å². The molecule has 0 amide bonds. The Balaban J connectivity index is 2.11. The van der Waals surface area contributed by atoms with Crippen molar-refractivity contribution in [2.45, 2.75) is 30.3 Å². The molecule has 104 valence electrons. The van der Waals surface area contributed by atoms with Crippen LogP contribution in [0.5, 0.6) is 0 Å². The predicted molar refractivity (Wildman–Crippen MR) is 73.2 cm³/mol. The maximum absolute atomic E-state index is 11.6. The van der Waals surface area contributed by atoms with Gasteiger partial charge in [0.1, 0.15) is 12.1 Å². The number of hydrogen-bond donors (Lipinski definition) is 0. The van der Waals surface area contributed by atoms with Crippen molar-refractivity contribution in [1.82, 2.24) is 5.06 Å². The van der Waals surface area contributed by atoms with E-state index in [0.717, 1.165) is 5.56 Å². The van der Waals surface area contributed by atoms with E-state index in [4.69, 9.17) is 4.84 Å². The van der Waals surface area contributed by atoms with Gasteiger partial charge in [-0.15, -0.1) is 0 Å². The van der Waals surface area contributed by atoms with Gasteiger partial charge in [-0.3, -0.25) is 4.79 Å². The summed E-state index contributed by atoms with van der Waals surface area (Å²) in [6, 6.07) is 13.2. The summed E-state index contributed by atoms with van der Waals surface area (Å²) in [5.41, 5.74) is -0.687. The molecule has 21 heavy (non-hydrogen) atoms. The van der Waals surface area contributed by atoms with E-state index in [0.29, 0.717) is 12.8 Å². The summed E-state index contributed by atoms with van der Waals surface area (Å²) in [6.45, 7) is 0. The van der Waals surface area contributed by atoms with Crippen molar-refractivity contribution in [3.63, 3.8) is 0 Å². The highest BCUT2D eigenvalue weighted by atomic mass is 16.7. The van der Waals surface area contributed by atoms with E-state index in [9.17, 15) is 15.3 Å². The van der Waals surface area contributed by atoms with Gasteiger partial charge in [0.2, 0.25) is 5.54 Å². The second-order valence-electron chi connectivity index (χ2n) is 5.16. The van der Waals surface area contributed by atoms with Crippen LogP contribution in [-0.2, 0) is 9.63 Å². The molecule has 0 bridgehead atoms. The van der Waals surface area contributed by atoms with Gasteiger partial charge in [0, 0.05) is 6.42 Å². The van der Waals surface area contributed by atoms with Gasteiger partial charge in [0.15, 0.2) is 0 Å². The van der Waals surface area contributed by atoms with Crippen LogP contribution >= 0.6 is 0 Å². The molecular formula is C16H13N3O2. The van der Waals surface area contributed by atoms with E-state index in [1.165, 1.54) is 5.06 Å². The van der Waals surface area contributed by atoms with E-state index in [2.05, 4.69) is 12.1 Å². The number of rotatable bonds is 1. The predicted octanol–water partition coefficient (Wildman–Crippen LogP) is 2.05. The van der Waals surface area contributed by atoms with Gasteiger partial charge in [0.25, 0.3) is 0 Å². The molecule has 2 aliphatic rings. The van der Waals surface area contributed by atoms with Crippen molar-refractivity contribution in [2.75, 3.05) is 0 Å². The van der Waals surface area contributed by atoms with E-state index in [1.54, 1.807) is 0 Å². The third kappa shape index (κ3) is 1.99. The summed E-state index contributed by atoms with van der Waals surface area (Å²) in [7, 11) is 0. The number of hydrogen-bond acceptors (Lipinski definition) is 5. The molecule has 3 rings (SSSR count).